The van der Waals surface area contributed by atoms with Crippen molar-refractivity contribution >= 4 is 12.2 Å². The van der Waals surface area contributed by atoms with Crippen LogP contribution in [0.1, 0.15) is 26.7 Å². The van der Waals surface area contributed by atoms with Crippen molar-refractivity contribution < 1.29 is 19.1 Å². The second kappa shape index (κ2) is 7.14. The smallest absolute Gasteiger partial charge is 0.434 e. The second-order valence-corrected chi connectivity index (χ2v) is 2.61. The highest BCUT2D eigenvalue weighted by Gasteiger charge is 2.14. The minimum atomic E-state index is -1.01. The number of hydrogen-bond donors (Lipinski definition) is 1. The average Bonchev–Trinajstić information content (AvgIpc) is 2.16. The van der Waals surface area contributed by atoms with E-state index in [4.69, 9.17) is 5.84 Å². The van der Waals surface area contributed by atoms with Gasteiger partial charge in [0.05, 0.1) is 6.61 Å². The molecule has 82 valence electrons. The van der Waals surface area contributed by atoms with Crippen molar-refractivity contribution in [3.8, 4) is 0 Å². The predicted octanol–water partition coefficient (Wildman–Crippen LogP) is 1.26. The Labute approximate surface area is 82.9 Å². The molecule has 0 aliphatic rings. The van der Waals surface area contributed by atoms with Gasteiger partial charge in [-0.3, -0.25) is 0 Å². The van der Waals surface area contributed by atoms with E-state index in [1.807, 2.05) is 6.92 Å². The summed E-state index contributed by atoms with van der Waals surface area (Å²) in [4.78, 5) is 21.7. The molecule has 0 aromatic heterocycles. The van der Waals surface area contributed by atoms with Gasteiger partial charge in [-0.1, -0.05) is 13.3 Å². The first-order valence-corrected chi connectivity index (χ1v) is 4.52. The molecule has 0 fully saturated rings. The Morgan fingerprint density at radius 1 is 1.36 bits per heavy atom. The summed E-state index contributed by atoms with van der Waals surface area (Å²) in [5, 5.41) is 0.779. The third-order valence-corrected chi connectivity index (χ3v) is 1.46. The second-order valence-electron chi connectivity index (χ2n) is 2.61. The van der Waals surface area contributed by atoms with Crippen LogP contribution in [-0.4, -0.2) is 30.4 Å². The molecule has 0 bridgehead atoms. The number of carbonyl (C=O) groups excluding carboxylic acids is 2. The van der Waals surface area contributed by atoms with Crippen molar-refractivity contribution in [1.82, 2.24) is 5.01 Å². The topological polar surface area (TPSA) is 81.9 Å². The molecule has 0 rings (SSSR count). The van der Waals surface area contributed by atoms with E-state index in [2.05, 4.69) is 9.47 Å². The normalized spacial score (nSPS) is 9.36. The van der Waals surface area contributed by atoms with Gasteiger partial charge >= 0.3 is 12.2 Å². The van der Waals surface area contributed by atoms with Gasteiger partial charge in [-0.2, -0.15) is 0 Å². The van der Waals surface area contributed by atoms with Crippen LogP contribution in [0.2, 0.25) is 0 Å². The van der Waals surface area contributed by atoms with Crippen LogP contribution < -0.4 is 5.84 Å². The van der Waals surface area contributed by atoms with Crippen molar-refractivity contribution in [2.45, 2.75) is 26.7 Å². The summed E-state index contributed by atoms with van der Waals surface area (Å²) in [6, 6.07) is 0. The number of ether oxygens (including phenoxy) is 2. The first-order valence-electron chi connectivity index (χ1n) is 4.52. The fourth-order valence-corrected chi connectivity index (χ4v) is 0.588. The number of rotatable bonds is 4. The zero-order chi connectivity index (χ0) is 11.0. The van der Waals surface area contributed by atoms with E-state index in [1.54, 1.807) is 6.92 Å². The van der Waals surface area contributed by atoms with Crippen LogP contribution in [0, 0.1) is 0 Å². The van der Waals surface area contributed by atoms with E-state index < -0.39 is 12.2 Å². The van der Waals surface area contributed by atoms with Crippen LogP contribution in [0.15, 0.2) is 0 Å². The number of carbonyl (C=O) groups is 2. The quantitative estimate of drug-likeness (QED) is 0.186. The Hall–Kier alpha value is -1.30. The van der Waals surface area contributed by atoms with Crippen molar-refractivity contribution in [3.05, 3.63) is 0 Å². The Balaban J connectivity index is 3.66. The molecule has 0 atom stereocenters. The fourth-order valence-electron chi connectivity index (χ4n) is 0.588. The number of amides is 1. The van der Waals surface area contributed by atoms with E-state index in [9.17, 15) is 9.59 Å². The van der Waals surface area contributed by atoms with Crippen LogP contribution in [-0.2, 0) is 9.47 Å². The number of nitrogens with two attached hydrogens (primary N) is 1. The van der Waals surface area contributed by atoms with Gasteiger partial charge in [-0.05, 0) is 13.3 Å². The molecule has 0 aromatic rings. The van der Waals surface area contributed by atoms with E-state index in [-0.39, 0.29) is 13.2 Å². The lowest BCUT2D eigenvalue weighted by atomic mass is 10.4. The number of unbranched alkanes of at least 4 members (excludes halogenated alkanes) is 1. The molecule has 0 aliphatic heterocycles. The standard InChI is InChI=1S/C8H16N2O4/c1-3-5-6-13-8(12)14-7(11)10(9)4-2/h3-6,9H2,1-2H3. The summed E-state index contributed by atoms with van der Waals surface area (Å²) in [5.74, 6) is 5.17. The first kappa shape index (κ1) is 12.7. The van der Waals surface area contributed by atoms with Crippen LogP contribution in [0.3, 0.4) is 0 Å². The van der Waals surface area contributed by atoms with E-state index >= 15 is 0 Å². The van der Waals surface area contributed by atoms with Gasteiger partial charge in [0.15, 0.2) is 0 Å². The molecular formula is C8H16N2O4. The average molecular weight is 204 g/mol. The molecule has 0 aliphatic carbocycles. The lowest BCUT2D eigenvalue weighted by Crippen LogP contribution is -2.38. The molecule has 6 heteroatoms. The predicted molar refractivity (Wildman–Crippen MR) is 49.3 cm³/mol. The molecule has 0 spiro atoms. The molecular weight excluding hydrogens is 188 g/mol. The highest BCUT2D eigenvalue weighted by molar-refractivity contribution is 5.80. The maximum atomic E-state index is 10.9. The monoisotopic (exact) mass is 204 g/mol. The van der Waals surface area contributed by atoms with Crippen molar-refractivity contribution in [1.29, 1.82) is 0 Å². The summed E-state index contributed by atoms with van der Waals surface area (Å²) in [5.41, 5.74) is 0. The van der Waals surface area contributed by atoms with Gasteiger partial charge in [0.25, 0.3) is 0 Å². The van der Waals surface area contributed by atoms with Crippen LogP contribution >= 0.6 is 0 Å². The molecule has 1 amide bonds. The van der Waals surface area contributed by atoms with E-state index in [0.717, 1.165) is 17.9 Å². The van der Waals surface area contributed by atoms with Crippen molar-refractivity contribution in [3.63, 3.8) is 0 Å². The number of nitrogens with zero attached hydrogens (tertiary/aromatic N) is 1. The van der Waals surface area contributed by atoms with E-state index in [0.29, 0.717) is 0 Å². The number of hydrogen-bond acceptors (Lipinski definition) is 5. The van der Waals surface area contributed by atoms with Crippen molar-refractivity contribution in [2.24, 2.45) is 5.84 Å². The lowest BCUT2D eigenvalue weighted by molar-refractivity contribution is 0.0600. The molecule has 14 heavy (non-hydrogen) atoms. The van der Waals surface area contributed by atoms with Crippen molar-refractivity contribution in [2.75, 3.05) is 13.2 Å². The molecule has 0 heterocycles. The molecule has 0 radical (unpaired) electrons. The zero-order valence-corrected chi connectivity index (χ0v) is 8.49. The highest BCUT2D eigenvalue weighted by atomic mass is 16.7. The molecule has 0 aromatic carbocycles. The summed E-state index contributed by atoms with van der Waals surface area (Å²) >= 11 is 0. The number of hydrazine groups is 1. The van der Waals surface area contributed by atoms with Crippen LogP contribution in [0.4, 0.5) is 9.59 Å². The Morgan fingerprint density at radius 2 is 2.00 bits per heavy atom. The maximum Gasteiger partial charge on any atom is 0.517 e. The largest absolute Gasteiger partial charge is 0.517 e. The van der Waals surface area contributed by atoms with E-state index in [1.165, 1.54) is 0 Å². The molecule has 0 unspecified atom stereocenters. The van der Waals surface area contributed by atoms with Gasteiger partial charge in [0.2, 0.25) is 0 Å². The molecule has 0 saturated heterocycles. The molecule has 6 nitrogen and oxygen atoms in total. The minimum Gasteiger partial charge on any atom is -0.434 e. The highest BCUT2D eigenvalue weighted by Crippen LogP contribution is 1.94. The molecule has 0 saturated carbocycles. The Kier molecular flexibility index (Phi) is 6.47. The SMILES string of the molecule is CCCCOC(=O)OC(=O)N(N)CC. The third-order valence-electron chi connectivity index (χ3n) is 1.46. The van der Waals surface area contributed by atoms with Gasteiger partial charge < -0.3 is 9.47 Å². The first-order chi connectivity index (χ1) is 6.61. The zero-order valence-electron chi connectivity index (χ0n) is 8.49. The summed E-state index contributed by atoms with van der Waals surface area (Å²) in [7, 11) is 0. The van der Waals surface area contributed by atoms with Gasteiger partial charge in [-0.15, -0.1) is 0 Å². The summed E-state index contributed by atoms with van der Waals surface area (Å²) in [6.07, 6.45) is -0.274. The maximum absolute atomic E-state index is 10.9. The van der Waals surface area contributed by atoms with Gasteiger partial charge in [-0.25, -0.2) is 20.4 Å². The Bertz CT molecular complexity index is 196. The summed E-state index contributed by atoms with van der Waals surface area (Å²) in [6.45, 7) is 4.13. The third kappa shape index (κ3) is 5.36. The summed E-state index contributed by atoms with van der Waals surface area (Å²) < 4.78 is 8.83. The van der Waals surface area contributed by atoms with Crippen LogP contribution in [0.5, 0.6) is 0 Å². The lowest BCUT2D eigenvalue weighted by Gasteiger charge is -2.12. The van der Waals surface area contributed by atoms with Gasteiger partial charge in [0, 0.05) is 6.54 Å². The molecule has 2 N–H and O–H groups in total. The minimum absolute atomic E-state index is 0.249. The fraction of sp³-hybridized carbons (Fsp3) is 0.750. The van der Waals surface area contributed by atoms with Gasteiger partial charge in [0.1, 0.15) is 0 Å². The van der Waals surface area contributed by atoms with Crippen LogP contribution in [0.25, 0.3) is 0 Å². The Morgan fingerprint density at radius 3 is 2.50 bits per heavy atom.